The highest BCUT2D eigenvalue weighted by molar-refractivity contribution is 5.83. The van der Waals surface area contributed by atoms with Gasteiger partial charge in [0.15, 0.2) is 11.5 Å². The van der Waals surface area contributed by atoms with Gasteiger partial charge in [0.25, 0.3) is 0 Å². The van der Waals surface area contributed by atoms with Crippen molar-refractivity contribution in [1.82, 2.24) is 5.43 Å². The Labute approximate surface area is 183 Å². The minimum Gasteiger partial charge on any atom is -0.493 e. The van der Waals surface area contributed by atoms with Crippen molar-refractivity contribution in [1.29, 1.82) is 0 Å². The number of ether oxygens (including phenoxy) is 2. The molecule has 0 atom stereocenters. The van der Waals surface area contributed by atoms with Crippen molar-refractivity contribution < 1.29 is 14.3 Å². The van der Waals surface area contributed by atoms with Gasteiger partial charge in [0.05, 0.1) is 20.4 Å². The fraction of sp³-hybridized carbons (Fsp3) is 0.680. The second kappa shape index (κ2) is 17.8. The first-order valence-corrected chi connectivity index (χ1v) is 11.7. The number of benzene rings is 1. The van der Waals surface area contributed by atoms with Crippen LogP contribution in [0, 0.1) is 0 Å². The molecule has 1 N–H and O–H groups in total. The molecule has 0 aliphatic rings. The molecule has 5 heteroatoms. The first kappa shape index (κ1) is 26.0. The third kappa shape index (κ3) is 12.5. The number of carbonyl (C=O) groups excluding carboxylic acids is 1. The maximum Gasteiger partial charge on any atom is 0.240 e. The molecule has 0 unspecified atom stereocenters. The number of methoxy groups -OCH3 is 2. The van der Waals surface area contributed by atoms with Gasteiger partial charge in [0.2, 0.25) is 5.91 Å². The van der Waals surface area contributed by atoms with Crippen molar-refractivity contribution in [2.24, 2.45) is 5.10 Å². The number of carbonyl (C=O) groups is 1. The van der Waals surface area contributed by atoms with Crippen LogP contribution in [-0.4, -0.2) is 26.3 Å². The molecule has 0 spiro atoms. The molecule has 0 aliphatic carbocycles. The molecule has 1 rings (SSSR count). The average molecular weight is 419 g/mol. The summed E-state index contributed by atoms with van der Waals surface area (Å²) in [5, 5.41) is 4.03. The van der Waals surface area contributed by atoms with E-state index in [1.807, 2.05) is 18.2 Å². The Kier molecular flexibility index (Phi) is 15.4. The Morgan fingerprint density at radius 1 is 0.833 bits per heavy atom. The van der Waals surface area contributed by atoms with E-state index < -0.39 is 0 Å². The highest BCUT2D eigenvalue weighted by Gasteiger charge is 2.03. The predicted molar refractivity (Wildman–Crippen MR) is 126 cm³/mol. The maximum atomic E-state index is 11.9. The second-order valence-electron chi connectivity index (χ2n) is 7.90. The topological polar surface area (TPSA) is 59.9 Å². The lowest BCUT2D eigenvalue weighted by molar-refractivity contribution is -0.121. The normalized spacial score (nSPS) is 11.0. The zero-order valence-electron chi connectivity index (χ0n) is 19.4. The van der Waals surface area contributed by atoms with Crippen LogP contribution in [0.1, 0.15) is 102 Å². The van der Waals surface area contributed by atoms with Crippen molar-refractivity contribution in [3.8, 4) is 11.5 Å². The third-order valence-corrected chi connectivity index (χ3v) is 5.32. The van der Waals surface area contributed by atoms with E-state index in [1.165, 1.54) is 70.6 Å². The van der Waals surface area contributed by atoms with Gasteiger partial charge < -0.3 is 9.47 Å². The van der Waals surface area contributed by atoms with Crippen LogP contribution in [-0.2, 0) is 4.79 Å². The van der Waals surface area contributed by atoms with E-state index in [0.29, 0.717) is 17.9 Å². The second-order valence-corrected chi connectivity index (χ2v) is 7.90. The molecule has 170 valence electrons. The molecule has 5 nitrogen and oxygen atoms in total. The van der Waals surface area contributed by atoms with Gasteiger partial charge in [-0.25, -0.2) is 5.43 Å². The quantitative estimate of drug-likeness (QED) is 0.165. The number of amides is 1. The molecule has 0 saturated carbocycles. The van der Waals surface area contributed by atoms with Crippen LogP contribution in [0.4, 0.5) is 0 Å². The van der Waals surface area contributed by atoms with Gasteiger partial charge in [-0.3, -0.25) is 4.79 Å². The van der Waals surface area contributed by atoms with E-state index >= 15 is 0 Å². The lowest BCUT2D eigenvalue weighted by atomic mass is 10.0. The molecule has 0 aromatic heterocycles. The summed E-state index contributed by atoms with van der Waals surface area (Å²) in [6, 6.07) is 5.50. The van der Waals surface area contributed by atoms with Gasteiger partial charge in [-0.15, -0.1) is 0 Å². The smallest absolute Gasteiger partial charge is 0.240 e. The van der Waals surface area contributed by atoms with Gasteiger partial charge in [0.1, 0.15) is 0 Å². The average Bonchev–Trinajstić information content (AvgIpc) is 2.76. The summed E-state index contributed by atoms with van der Waals surface area (Å²) in [5.74, 6) is 1.27. The van der Waals surface area contributed by atoms with E-state index in [-0.39, 0.29) is 5.91 Å². The molecule has 0 saturated heterocycles. The molecule has 0 fully saturated rings. The van der Waals surface area contributed by atoms with Crippen LogP contribution >= 0.6 is 0 Å². The van der Waals surface area contributed by atoms with E-state index in [1.54, 1.807) is 20.4 Å². The molecule has 1 aromatic carbocycles. The molecule has 0 heterocycles. The van der Waals surface area contributed by atoms with Gasteiger partial charge in [-0.05, 0) is 30.2 Å². The Hall–Kier alpha value is -2.04. The van der Waals surface area contributed by atoms with E-state index in [2.05, 4.69) is 17.5 Å². The molecule has 1 aromatic rings. The largest absolute Gasteiger partial charge is 0.493 e. The summed E-state index contributed by atoms with van der Waals surface area (Å²) in [6.45, 7) is 2.27. The highest BCUT2D eigenvalue weighted by Crippen LogP contribution is 2.26. The lowest BCUT2D eigenvalue weighted by Crippen LogP contribution is -2.16. The van der Waals surface area contributed by atoms with Gasteiger partial charge in [-0.1, -0.05) is 84.0 Å². The van der Waals surface area contributed by atoms with Crippen molar-refractivity contribution in [3.05, 3.63) is 23.8 Å². The number of unbranched alkanes of at least 4 members (excludes halogenated alkanes) is 12. The number of hydrogen-bond acceptors (Lipinski definition) is 4. The van der Waals surface area contributed by atoms with E-state index in [4.69, 9.17) is 9.47 Å². The first-order valence-electron chi connectivity index (χ1n) is 11.7. The summed E-state index contributed by atoms with van der Waals surface area (Å²) in [7, 11) is 3.19. The number of nitrogens with one attached hydrogen (secondary N) is 1. The van der Waals surface area contributed by atoms with Crippen LogP contribution in [0.25, 0.3) is 0 Å². The fourth-order valence-corrected chi connectivity index (χ4v) is 3.47. The van der Waals surface area contributed by atoms with Crippen LogP contribution in [0.15, 0.2) is 23.3 Å². The summed E-state index contributed by atoms with van der Waals surface area (Å²) < 4.78 is 10.5. The van der Waals surface area contributed by atoms with Gasteiger partial charge >= 0.3 is 0 Å². The number of rotatable bonds is 18. The van der Waals surface area contributed by atoms with Crippen molar-refractivity contribution in [2.75, 3.05) is 14.2 Å². The van der Waals surface area contributed by atoms with Crippen LogP contribution in [0.3, 0.4) is 0 Å². The van der Waals surface area contributed by atoms with Crippen molar-refractivity contribution >= 4 is 12.1 Å². The molecule has 0 radical (unpaired) electrons. The van der Waals surface area contributed by atoms with Crippen molar-refractivity contribution in [3.63, 3.8) is 0 Å². The number of hydrazone groups is 1. The summed E-state index contributed by atoms with van der Waals surface area (Å²) in [6.07, 6.45) is 19.1. The zero-order chi connectivity index (χ0) is 21.9. The molecule has 30 heavy (non-hydrogen) atoms. The van der Waals surface area contributed by atoms with Crippen molar-refractivity contribution in [2.45, 2.75) is 96.8 Å². The maximum absolute atomic E-state index is 11.9. The van der Waals surface area contributed by atoms with Gasteiger partial charge in [0, 0.05) is 6.42 Å². The van der Waals surface area contributed by atoms with E-state index in [0.717, 1.165) is 18.4 Å². The molecule has 1 amide bonds. The predicted octanol–water partition coefficient (Wildman–Crippen LogP) is 6.64. The minimum atomic E-state index is -0.0326. The Balaban J connectivity index is 2.00. The molecular formula is C25H42N2O3. The number of nitrogens with zero attached hydrogens (tertiary/aromatic N) is 1. The summed E-state index contributed by atoms with van der Waals surface area (Å²) in [4.78, 5) is 11.9. The standard InChI is InChI=1S/C25H42N2O3/c1-4-5-6-7-8-9-10-11-12-13-14-15-16-17-25(28)27-26-21-22-18-19-23(29-2)24(20-22)30-3/h18-21H,4-17H2,1-3H3,(H,27,28)/b26-21-. The number of hydrogen-bond donors (Lipinski definition) is 1. The fourth-order valence-electron chi connectivity index (χ4n) is 3.47. The summed E-state index contributed by atoms with van der Waals surface area (Å²) >= 11 is 0. The SMILES string of the molecule is CCCCCCCCCCCCCCCC(=O)N/N=C\c1ccc(OC)c(OC)c1. The first-order chi connectivity index (χ1) is 14.7. The Bertz CT molecular complexity index is 602. The Morgan fingerprint density at radius 3 is 1.90 bits per heavy atom. The lowest BCUT2D eigenvalue weighted by Gasteiger charge is -2.07. The zero-order valence-corrected chi connectivity index (χ0v) is 19.4. The van der Waals surface area contributed by atoms with E-state index in [9.17, 15) is 4.79 Å². The minimum absolute atomic E-state index is 0.0326. The molecule has 0 aliphatic heterocycles. The monoisotopic (exact) mass is 418 g/mol. The van der Waals surface area contributed by atoms with Gasteiger partial charge in [-0.2, -0.15) is 5.10 Å². The summed E-state index contributed by atoms with van der Waals surface area (Å²) in [5.41, 5.74) is 3.44. The molecular weight excluding hydrogens is 376 g/mol. The van der Waals surface area contributed by atoms with Crippen LogP contribution in [0.5, 0.6) is 11.5 Å². The Morgan fingerprint density at radius 2 is 1.37 bits per heavy atom. The van der Waals surface area contributed by atoms with Crippen LogP contribution in [0.2, 0.25) is 0 Å². The third-order valence-electron chi connectivity index (χ3n) is 5.32. The molecule has 0 bridgehead atoms. The van der Waals surface area contributed by atoms with Crippen LogP contribution < -0.4 is 14.9 Å². The highest BCUT2D eigenvalue weighted by atomic mass is 16.5.